The van der Waals surface area contributed by atoms with Crippen molar-refractivity contribution in [3.05, 3.63) is 84.1 Å². The second-order valence-corrected chi connectivity index (χ2v) is 8.22. The van der Waals surface area contributed by atoms with Gasteiger partial charge in [-0.2, -0.15) is 10.4 Å². The SMILES string of the molecule is CC(NC(=O)c1nc(-c2ccc3ncccc3c2)c(-c2ccn(C)n2)nc1N)c1ccc(C#N)cn1. The van der Waals surface area contributed by atoms with E-state index in [1.54, 1.807) is 36.1 Å². The van der Waals surface area contributed by atoms with Crippen molar-refractivity contribution in [2.75, 3.05) is 5.73 Å². The zero-order chi connectivity index (χ0) is 25.2. The molecule has 0 saturated heterocycles. The first-order valence-electron chi connectivity index (χ1n) is 11.1. The molecule has 10 nitrogen and oxygen atoms in total. The number of amides is 1. The van der Waals surface area contributed by atoms with E-state index in [2.05, 4.69) is 30.4 Å². The number of rotatable bonds is 5. The Morgan fingerprint density at radius 2 is 1.97 bits per heavy atom. The molecule has 5 aromatic rings. The molecule has 0 spiro atoms. The van der Waals surface area contributed by atoms with E-state index in [1.807, 2.05) is 49.5 Å². The fraction of sp³-hybridized carbons (Fsp3) is 0.115. The molecule has 0 aliphatic carbocycles. The maximum absolute atomic E-state index is 13.2. The number of aromatic nitrogens is 6. The number of benzene rings is 1. The van der Waals surface area contributed by atoms with Gasteiger partial charge in [0.2, 0.25) is 0 Å². The van der Waals surface area contributed by atoms with Gasteiger partial charge in [0.15, 0.2) is 11.5 Å². The first kappa shape index (κ1) is 22.6. The highest BCUT2D eigenvalue weighted by atomic mass is 16.2. The van der Waals surface area contributed by atoms with E-state index in [-0.39, 0.29) is 11.5 Å². The molecule has 4 aromatic heterocycles. The van der Waals surface area contributed by atoms with Crippen LogP contribution in [-0.4, -0.2) is 35.6 Å². The van der Waals surface area contributed by atoms with Crippen LogP contribution in [0.1, 0.15) is 34.7 Å². The maximum Gasteiger partial charge on any atom is 0.274 e. The van der Waals surface area contributed by atoms with Crippen LogP contribution in [0, 0.1) is 11.3 Å². The first-order chi connectivity index (χ1) is 17.4. The molecule has 176 valence electrons. The third kappa shape index (κ3) is 4.33. The summed E-state index contributed by atoms with van der Waals surface area (Å²) in [7, 11) is 1.81. The van der Waals surface area contributed by atoms with Crippen molar-refractivity contribution >= 4 is 22.6 Å². The average molecular weight is 476 g/mol. The number of hydrogen-bond acceptors (Lipinski definition) is 8. The van der Waals surface area contributed by atoms with Crippen molar-refractivity contribution in [1.82, 2.24) is 35.0 Å². The smallest absolute Gasteiger partial charge is 0.274 e. The monoisotopic (exact) mass is 475 g/mol. The van der Waals surface area contributed by atoms with E-state index >= 15 is 0 Å². The molecule has 3 N–H and O–H groups in total. The van der Waals surface area contributed by atoms with Gasteiger partial charge in [0, 0.05) is 36.6 Å². The lowest BCUT2D eigenvalue weighted by atomic mass is 10.0. The Morgan fingerprint density at radius 1 is 1.11 bits per heavy atom. The quantitative estimate of drug-likeness (QED) is 0.393. The van der Waals surface area contributed by atoms with Crippen LogP contribution >= 0.6 is 0 Å². The largest absolute Gasteiger partial charge is 0.382 e. The number of hydrogen-bond donors (Lipinski definition) is 2. The molecular weight excluding hydrogens is 454 g/mol. The minimum atomic E-state index is -0.491. The second kappa shape index (κ2) is 9.23. The lowest BCUT2D eigenvalue weighted by Gasteiger charge is -2.15. The second-order valence-electron chi connectivity index (χ2n) is 8.22. The molecule has 4 heterocycles. The number of nitrogens with one attached hydrogen (secondary N) is 1. The topological polar surface area (TPSA) is 148 Å². The summed E-state index contributed by atoms with van der Waals surface area (Å²) in [5.41, 5.74) is 10.4. The minimum Gasteiger partial charge on any atom is -0.382 e. The molecule has 1 atom stereocenters. The normalized spacial score (nSPS) is 11.7. The maximum atomic E-state index is 13.2. The van der Waals surface area contributed by atoms with E-state index in [4.69, 9.17) is 11.0 Å². The van der Waals surface area contributed by atoms with Gasteiger partial charge in [-0.3, -0.25) is 19.4 Å². The zero-order valence-electron chi connectivity index (χ0n) is 19.5. The Hall–Kier alpha value is -5.17. The van der Waals surface area contributed by atoms with Gasteiger partial charge in [0.25, 0.3) is 5.91 Å². The summed E-state index contributed by atoms with van der Waals surface area (Å²) in [5.74, 6) is -0.505. The number of carbonyl (C=O) groups is 1. The van der Waals surface area contributed by atoms with Crippen molar-refractivity contribution in [2.24, 2.45) is 7.05 Å². The average Bonchev–Trinajstić information content (AvgIpc) is 3.34. The number of nitrogens with zero attached hydrogens (tertiary/aromatic N) is 7. The van der Waals surface area contributed by atoms with Crippen molar-refractivity contribution in [1.29, 1.82) is 5.26 Å². The Bertz CT molecular complexity index is 1630. The van der Waals surface area contributed by atoms with Crippen LogP contribution in [0.5, 0.6) is 0 Å². The Kier molecular flexibility index (Phi) is 5.80. The van der Waals surface area contributed by atoms with Gasteiger partial charge in [0.1, 0.15) is 17.5 Å². The van der Waals surface area contributed by atoms with E-state index in [9.17, 15) is 4.79 Å². The Morgan fingerprint density at radius 3 is 2.69 bits per heavy atom. The highest BCUT2D eigenvalue weighted by molar-refractivity contribution is 5.98. The zero-order valence-corrected chi connectivity index (χ0v) is 19.5. The molecule has 0 aliphatic heterocycles. The first-order valence-corrected chi connectivity index (χ1v) is 11.1. The molecule has 10 heteroatoms. The Labute approximate surface area is 206 Å². The molecule has 1 unspecified atom stereocenters. The summed E-state index contributed by atoms with van der Waals surface area (Å²) in [6, 6.07) is 16.3. The van der Waals surface area contributed by atoms with Gasteiger partial charge < -0.3 is 11.1 Å². The van der Waals surface area contributed by atoms with E-state index < -0.39 is 11.9 Å². The van der Waals surface area contributed by atoms with Gasteiger partial charge in [-0.15, -0.1) is 0 Å². The van der Waals surface area contributed by atoms with E-state index in [0.29, 0.717) is 28.3 Å². The highest BCUT2D eigenvalue weighted by Gasteiger charge is 2.23. The number of nitrogen functional groups attached to an aromatic ring is 1. The summed E-state index contributed by atoms with van der Waals surface area (Å²) < 4.78 is 1.66. The number of carbonyl (C=O) groups excluding carboxylic acids is 1. The van der Waals surface area contributed by atoms with Crippen molar-refractivity contribution < 1.29 is 4.79 Å². The summed E-state index contributed by atoms with van der Waals surface area (Å²) >= 11 is 0. The molecule has 0 saturated carbocycles. The predicted molar refractivity (Wildman–Crippen MR) is 134 cm³/mol. The molecule has 1 amide bonds. The van der Waals surface area contributed by atoms with Crippen LogP contribution in [0.15, 0.2) is 67.1 Å². The van der Waals surface area contributed by atoms with Crippen LogP contribution in [-0.2, 0) is 7.05 Å². The van der Waals surface area contributed by atoms with E-state index in [0.717, 1.165) is 16.5 Å². The third-order valence-corrected chi connectivity index (χ3v) is 5.68. The summed E-state index contributed by atoms with van der Waals surface area (Å²) in [6.45, 7) is 1.79. The van der Waals surface area contributed by atoms with Crippen LogP contribution in [0.3, 0.4) is 0 Å². The van der Waals surface area contributed by atoms with Crippen molar-refractivity contribution in [2.45, 2.75) is 13.0 Å². The van der Waals surface area contributed by atoms with Crippen LogP contribution < -0.4 is 11.1 Å². The predicted octanol–water partition coefficient (Wildman–Crippen LogP) is 3.43. The Balaban J connectivity index is 1.56. The third-order valence-electron chi connectivity index (χ3n) is 5.68. The van der Waals surface area contributed by atoms with Gasteiger partial charge >= 0.3 is 0 Å². The lowest BCUT2D eigenvalue weighted by Crippen LogP contribution is -2.29. The van der Waals surface area contributed by atoms with Crippen LogP contribution in [0.4, 0.5) is 5.82 Å². The molecular formula is C26H21N9O. The summed E-state index contributed by atoms with van der Waals surface area (Å²) in [4.78, 5) is 31.1. The number of nitrogens with two attached hydrogens (primary N) is 1. The molecule has 1 aromatic carbocycles. The molecule has 0 fully saturated rings. The molecule has 0 radical (unpaired) electrons. The van der Waals surface area contributed by atoms with Crippen molar-refractivity contribution in [3.63, 3.8) is 0 Å². The highest BCUT2D eigenvalue weighted by Crippen LogP contribution is 2.31. The van der Waals surface area contributed by atoms with Crippen LogP contribution in [0.2, 0.25) is 0 Å². The lowest BCUT2D eigenvalue weighted by molar-refractivity contribution is 0.0935. The molecule has 0 bridgehead atoms. The van der Waals surface area contributed by atoms with E-state index in [1.165, 1.54) is 6.20 Å². The van der Waals surface area contributed by atoms with Crippen LogP contribution in [0.25, 0.3) is 33.5 Å². The number of anilines is 1. The minimum absolute atomic E-state index is 0.00328. The van der Waals surface area contributed by atoms with Gasteiger partial charge in [0.05, 0.1) is 28.5 Å². The number of nitriles is 1. The van der Waals surface area contributed by atoms with Crippen molar-refractivity contribution in [3.8, 4) is 28.7 Å². The number of aryl methyl sites for hydroxylation is 1. The van der Waals surface area contributed by atoms with Gasteiger partial charge in [-0.1, -0.05) is 12.1 Å². The summed E-state index contributed by atoms with van der Waals surface area (Å²) in [6.07, 6.45) is 4.99. The standard InChI is InChI=1S/C26H21N9O/c1-15(19-7-5-16(13-27)14-30-19)31-26(36)24-25(28)33-23(21-9-11-35(2)34-21)22(32-24)18-6-8-20-17(12-18)4-3-10-29-20/h3-12,14-15H,1-2H3,(H2,28,33)(H,31,36). The molecule has 0 aliphatic rings. The number of pyridine rings is 2. The van der Waals surface area contributed by atoms with Gasteiger partial charge in [-0.25, -0.2) is 9.97 Å². The number of fused-ring (bicyclic) bond motifs is 1. The fourth-order valence-electron chi connectivity index (χ4n) is 3.83. The molecule has 36 heavy (non-hydrogen) atoms. The fourth-order valence-corrected chi connectivity index (χ4v) is 3.83. The molecule has 5 rings (SSSR count). The van der Waals surface area contributed by atoms with Gasteiger partial charge in [-0.05, 0) is 43.3 Å². The summed E-state index contributed by atoms with van der Waals surface area (Å²) in [5, 5.41) is 17.2.